The molecule has 0 N–H and O–H groups in total. The van der Waals surface area contributed by atoms with E-state index in [1.165, 1.54) is 6.20 Å². The molecular formula is C22H14F3NO2. The van der Waals surface area contributed by atoms with Crippen molar-refractivity contribution in [2.24, 2.45) is 0 Å². The molecule has 0 spiro atoms. The van der Waals surface area contributed by atoms with Gasteiger partial charge >= 0.3 is 0 Å². The van der Waals surface area contributed by atoms with Crippen LogP contribution in [0.5, 0.6) is 11.5 Å². The smallest absolute Gasteiger partial charge is 0.168 e. The van der Waals surface area contributed by atoms with E-state index < -0.39 is 23.4 Å². The molecule has 140 valence electrons. The van der Waals surface area contributed by atoms with Gasteiger partial charge in [-0.1, -0.05) is 12.0 Å². The molecule has 1 aliphatic heterocycles. The highest BCUT2D eigenvalue weighted by molar-refractivity contribution is 5.39. The summed E-state index contributed by atoms with van der Waals surface area (Å²) in [6.45, 7) is 0.0474. The van der Waals surface area contributed by atoms with Gasteiger partial charge in [-0.15, -0.1) is 6.42 Å². The van der Waals surface area contributed by atoms with Crippen LogP contribution in [0.4, 0.5) is 13.2 Å². The van der Waals surface area contributed by atoms with Gasteiger partial charge < -0.3 is 9.47 Å². The molecule has 0 radical (unpaired) electrons. The van der Waals surface area contributed by atoms with Gasteiger partial charge in [0, 0.05) is 17.2 Å². The van der Waals surface area contributed by atoms with Crippen molar-refractivity contribution in [3.63, 3.8) is 0 Å². The molecule has 4 rings (SSSR count). The number of aromatic nitrogens is 1. The molecule has 3 nitrogen and oxygen atoms in total. The molecule has 0 bridgehead atoms. The first-order valence-electron chi connectivity index (χ1n) is 8.46. The topological polar surface area (TPSA) is 34.6 Å². The Hall–Kier alpha value is -3.30. The van der Waals surface area contributed by atoms with Crippen molar-refractivity contribution < 1.29 is 22.6 Å². The largest absolute Gasteiger partial charge is 0.456 e. The van der Waals surface area contributed by atoms with Crippen molar-refractivity contribution in [2.45, 2.75) is 11.8 Å². The Morgan fingerprint density at radius 1 is 1.07 bits per heavy atom. The third-order valence-electron chi connectivity index (χ3n) is 4.53. The van der Waals surface area contributed by atoms with Crippen molar-refractivity contribution in [3.05, 3.63) is 89.2 Å². The quantitative estimate of drug-likeness (QED) is 0.457. The Kier molecular flexibility index (Phi) is 4.54. The first-order valence-corrected chi connectivity index (χ1v) is 8.46. The Morgan fingerprint density at radius 3 is 2.36 bits per heavy atom. The summed E-state index contributed by atoms with van der Waals surface area (Å²) in [5.74, 6) is 1.80. The predicted molar refractivity (Wildman–Crippen MR) is 96.5 cm³/mol. The summed E-state index contributed by atoms with van der Waals surface area (Å²) in [5, 5.41) is 0. The molecule has 1 aromatic heterocycles. The third kappa shape index (κ3) is 3.32. The van der Waals surface area contributed by atoms with E-state index in [2.05, 4.69) is 10.9 Å². The number of ether oxygens (including phenoxy) is 2. The highest BCUT2D eigenvalue weighted by Crippen LogP contribution is 2.51. The molecule has 2 atom stereocenters. The van der Waals surface area contributed by atoms with Crippen LogP contribution in [0.3, 0.4) is 0 Å². The number of alkyl halides is 1. The van der Waals surface area contributed by atoms with Crippen LogP contribution >= 0.6 is 0 Å². The van der Waals surface area contributed by atoms with E-state index >= 15 is 0 Å². The SMILES string of the molecule is C#Cc1ccc(Oc2ccc(C3(C(F)c4ccc(F)cc4F)CO3)nc2)cc1. The molecule has 2 heterocycles. The molecule has 28 heavy (non-hydrogen) atoms. The number of halogens is 3. The zero-order chi connectivity index (χ0) is 19.7. The number of rotatable bonds is 5. The minimum atomic E-state index is -1.82. The standard InChI is InChI=1S/C22H14F3NO2/c1-2-14-3-6-16(7-4-14)28-17-8-10-20(26-12-17)22(13-27-22)21(25)18-9-5-15(23)11-19(18)24/h1,3-12,21H,13H2. The predicted octanol–water partition coefficient (Wildman–Crippen LogP) is 5.07. The lowest BCUT2D eigenvalue weighted by Crippen LogP contribution is -2.19. The number of hydrogen-bond donors (Lipinski definition) is 0. The molecule has 0 amide bonds. The highest BCUT2D eigenvalue weighted by Gasteiger charge is 2.56. The maximum Gasteiger partial charge on any atom is 0.168 e. The number of epoxide rings is 1. The van der Waals surface area contributed by atoms with Crippen molar-refractivity contribution in [2.75, 3.05) is 6.61 Å². The number of terminal acetylenes is 1. The third-order valence-corrected chi connectivity index (χ3v) is 4.53. The lowest BCUT2D eigenvalue weighted by Gasteiger charge is -2.18. The second-order valence-electron chi connectivity index (χ2n) is 6.36. The second kappa shape index (κ2) is 7.02. The summed E-state index contributed by atoms with van der Waals surface area (Å²) >= 11 is 0. The maximum atomic E-state index is 15.0. The van der Waals surface area contributed by atoms with Crippen molar-refractivity contribution >= 4 is 0 Å². The zero-order valence-electron chi connectivity index (χ0n) is 14.5. The van der Waals surface area contributed by atoms with E-state index in [0.717, 1.165) is 17.7 Å². The summed E-state index contributed by atoms with van der Waals surface area (Å²) in [7, 11) is 0. The fraction of sp³-hybridized carbons (Fsp3) is 0.136. The maximum absolute atomic E-state index is 15.0. The summed E-state index contributed by atoms with van der Waals surface area (Å²) in [5.41, 5.74) is -0.616. The average Bonchev–Trinajstić information content (AvgIpc) is 3.51. The fourth-order valence-corrected chi connectivity index (χ4v) is 2.91. The lowest BCUT2D eigenvalue weighted by atomic mass is 9.93. The van der Waals surface area contributed by atoms with Crippen LogP contribution in [0.2, 0.25) is 0 Å². The van der Waals surface area contributed by atoms with Gasteiger partial charge in [-0.05, 0) is 42.5 Å². The van der Waals surface area contributed by atoms with Crippen LogP contribution in [0.1, 0.15) is 23.0 Å². The van der Waals surface area contributed by atoms with Crippen molar-refractivity contribution in [3.8, 4) is 23.8 Å². The van der Waals surface area contributed by atoms with E-state index in [1.54, 1.807) is 36.4 Å². The fourth-order valence-electron chi connectivity index (χ4n) is 2.91. The van der Waals surface area contributed by atoms with Crippen molar-refractivity contribution in [1.82, 2.24) is 4.98 Å². The van der Waals surface area contributed by atoms with Gasteiger partial charge in [0.1, 0.15) is 23.1 Å². The number of benzene rings is 2. The number of hydrogen-bond acceptors (Lipinski definition) is 3. The lowest BCUT2D eigenvalue weighted by molar-refractivity contribution is 0.154. The van der Waals surface area contributed by atoms with Gasteiger partial charge in [-0.2, -0.15) is 0 Å². The Labute approximate surface area is 159 Å². The second-order valence-corrected chi connectivity index (χ2v) is 6.36. The van der Waals surface area contributed by atoms with Crippen LogP contribution in [0.15, 0.2) is 60.8 Å². The summed E-state index contributed by atoms with van der Waals surface area (Å²) < 4.78 is 53.0. The molecule has 2 aromatic carbocycles. The molecule has 6 heteroatoms. The molecule has 0 saturated carbocycles. The van der Waals surface area contributed by atoms with Crippen LogP contribution in [0.25, 0.3) is 0 Å². The van der Waals surface area contributed by atoms with Crippen LogP contribution in [-0.4, -0.2) is 11.6 Å². The molecule has 1 aliphatic rings. The molecule has 1 saturated heterocycles. The number of nitrogens with zero attached hydrogens (tertiary/aromatic N) is 1. The molecule has 3 aromatic rings. The first kappa shape index (κ1) is 18.1. The Balaban J connectivity index is 1.53. The van der Waals surface area contributed by atoms with Gasteiger partial charge in [0.25, 0.3) is 0 Å². The average molecular weight is 381 g/mol. The highest BCUT2D eigenvalue weighted by atomic mass is 19.1. The first-order chi connectivity index (χ1) is 13.5. The van der Waals surface area contributed by atoms with Gasteiger partial charge in [0.05, 0.1) is 18.5 Å². The van der Waals surface area contributed by atoms with Crippen LogP contribution in [0, 0.1) is 24.0 Å². The van der Waals surface area contributed by atoms with Gasteiger partial charge in [-0.25, -0.2) is 13.2 Å². The van der Waals surface area contributed by atoms with E-state index in [0.29, 0.717) is 23.3 Å². The molecule has 2 unspecified atom stereocenters. The normalized spacial score (nSPS) is 18.9. The van der Waals surface area contributed by atoms with E-state index in [4.69, 9.17) is 15.9 Å². The van der Waals surface area contributed by atoms with E-state index in [-0.39, 0.29) is 12.2 Å². The minimum Gasteiger partial charge on any atom is -0.456 e. The molecular weight excluding hydrogens is 367 g/mol. The minimum absolute atomic E-state index is 0.0474. The summed E-state index contributed by atoms with van der Waals surface area (Å²) in [6, 6.07) is 12.9. The Bertz CT molecular complexity index is 1040. The molecule has 0 aliphatic carbocycles. The summed E-state index contributed by atoms with van der Waals surface area (Å²) in [6.07, 6.45) is 4.93. The zero-order valence-corrected chi connectivity index (χ0v) is 14.5. The van der Waals surface area contributed by atoms with E-state index in [1.807, 2.05) is 0 Å². The van der Waals surface area contributed by atoms with E-state index in [9.17, 15) is 13.2 Å². The Morgan fingerprint density at radius 2 is 1.79 bits per heavy atom. The van der Waals surface area contributed by atoms with Crippen molar-refractivity contribution in [1.29, 1.82) is 0 Å². The molecule has 1 fully saturated rings. The monoisotopic (exact) mass is 381 g/mol. The van der Waals surface area contributed by atoms with Crippen LogP contribution < -0.4 is 4.74 Å². The van der Waals surface area contributed by atoms with Crippen LogP contribution in [-0.2, 0) is 10.3 Å². The van der Waals surface area contributed by atoms with Gasteiger partial charge in [0.15, 0.2) is 11.8 Å². The summed E-state index contributed by atoms with van der Waals surface area (Å²) in [4.78, 5) is 4.22. The van der Waals surface area contributed by atoms with Gasteiger partial charge in [0.2, 0.25) is 0 Å². The van der Waals surface area contributed by atoms with Gasteiger partial charge in [-0.3, -0.25) is 4.98 Å². The number of pyridine rings is 1.